The Morgan fingerprint density at radius 3 is 2.30 bits per heavy atom. The van der Waals surface area contributed by atoms with Crippen LogP contribution in [-0.2, 0) is 6.42 Å². The molecule has 0 spiro atoms. The molecular weight excluding hydrogens is 548 g/mol. The lowest BCUT2D eigenvalue weighted by Crippen LogP contribution is -2.38. The molecule has 2 saturated carbocycles. The molecule has 0 radical (unpaired) electrons. The lowest BCUT2D eigenvalue weighted by molar-refractivity contribution is 0.0984. The first-order valence-electron chi connectivity index (χ1n) is 17.0. The Morgan fingerprint density at radius 2 is 1.63 bits per heavy atom. The number of benzene rings is 2. The predicted octanol–water partition coefficient (Wildman–Crippen LogP) is 9.24. The van der Waals surface area contributed by atoms with E-state index in [0.29, 0.717) is 23.3 Å². The minimum atomic E-state index is -0.0137. The molecule has 2 heterocycles. The smallest absolute Gasteiger partial charge is 0.261 e. The molecule has 2 aromatic rings. The molecule has 236 valence electrons. The number of carbonyl (C=O) groups excluding carboxylic acids is 1. The van der Waals surface area contributed by atoms with Crippen molar-refractivity contribution in [3.05, 3.63) is 76.9 Å². The second-order valence-corrected chi connectivity index (χ2v) is 14.1. The van der Waals surface area contributed by atoms with Gasteiger partial charge in [-0.3, -0.25) is 9.52 Å². The van der Waals surface area contributed by atoms with Crippen LogP contribution in [-0.4, -0.2) is 42.8 Å². The summed E-state index contributed by atoms with van der Waals surface area (Å²) < 4.78 is 9.61. The van der Waals surface area contributed by atoms with E-state index in [2.05, 4.69) is 67.8 Å². The lowest BCUT2D eigenvalue weighted by Gasteiger charge is -2.39. The third kappa shape index (κ3) is 9.62. The normalized spacial score (nSPS) is 28.1. The van der Waals surface area contributed by atoms with E-state index in [4.69, 9.17) is 4.74 Å². The van der Waals surface area contributed by atoms with E-state index in [-0.39, 0.29) is 11.8 Å². The van der Waals surface area contributed by atoms with Crippen molar-refractivity contribution >= 4 is 17.9 Å². The number of rotatable bonds is 4. The molecular formula is C38H56N2O2S. The molecule has 1 N–H and O–H groups in total. The molecule has 5 heteroatoms. The quantitative estimate of drug-likeness (QED) is 0.279. The van der Waals surface area contributed by atoms with Crippen molar-refractivity contribution in [2.75, 3.05) is 26.7 Å². The van der Waals surface area contributed by atoms with Crippen LogP contribution in [0.4, 0.5) is 0 Å². The number of hydrogen-bond acceptors (Lipinski definition) is 4. The Labute approximate surface area is 266 Å². The summed E-state index contributed by atoms with van der Waals surface area (Å²) in [5, 5.41) is 0.474. The van der Waals surface area contributed by atoms with Gasteiger partial charge < -0.3 is 9.64 Å². The zero-order valence-electron chi connectivity index (χ0n) is 27.6. The third-order valence-corrected chi connectivity index (χ3v) is 11.0. The van der Waals surface area contributed by atoms with Gasteiger partial charge in [-0.25, -0.2) is 0 Å². The number of aryl methyl sites for hydroxylation is 2. The maximum Gasteiger partial charge on any atom is 0.261 e. The highest BCUT2D eigenvalue weighted by atomic mass is 32.2. The van der Waals surface area contributed by atoms with E-state index >= 15 is 0 Å². The number of amides is 1. The Kier molecular flexibility index (Phi) is 13.1. The fraction of sp³-hybridized carbons (Fsp3) is 0.605. The first-order chi connectivity index (χ1) is 20.9. The van der Waals surface area contributed by atoms with E-state index in [1.165, 1.54) is 48.8 Å². The highest BCUT2D eigenvalue weighted by molar-refractivity contribution is 7.98. The maximum atomic E-state index is 13.0. The van der Waals surface area contributed by atoms with Gasteiger partial charge in [-0.2, -0.15) is 0 Å². The number of carbonyl (C=O) groups is 1. The standard InChI is InChI=1S/C36H50N2O2S.C2H6/c1-5-8-30-21-25(2)11-20-34(30)32-23-38(4)22-31-15-12-27(31)10-7-6-9-26(3)35(28-13-14-28)41-37-36(39)29-16-18-33(19-17-29)40-24-32;1-2/h6-7,11,16-21,26-28,31-32,35H,5,8-10,12-15,22-24H2,1-4H3,(H,37,39);1-2H3/b7-6+;. The molecule has 4 nitrogen and oxygen atoms in total. The molecule has 6 rings (SSSR count). The van der Waals surface area contributed by atoms with Crippen molar-refractivity contribution in [3.8, 4) is 5.75 Å². The van der Waals surface area contributed by atoms with Gasteiger partial charge in [0.2, 0.25) is 0 Å². The van der Waals surface area contributed by atoms with Gasteiger partial charge in [0.25, 0.3) is 5.91 Å². The number of hydrogen-bond donors (Lipinski definition) is 1. The van der Waals surface area contributed by atoms with Gasteiger partial charge in [-0.05, 0) is 130 Å². The maximum absolute atomic E-state index is 13.0. The van der Waals surface area contributed by atoms with Crippen LogP contribution in [0.15, 0.2) is 54.6 Å². The van der Waals surface area contributed by atoms with E-state index in [1.807, 2.05) is 38.1 Å². The van der Waals surface area contributed by atoms with Gasteiger partial charge in [-0.1, -0.05) is 70.0 Å². The van der Waals surface area contributed by atoms with E-state index in [9.17, 15) is 4.79 Å². The highest BCUT2D eigenvalue weighted by Gasteiger charge is 2.36. The van der Waals surface area contributed by atoms with Crippen LogP contribution >= 0.6 is 11.9 Å². The van der Waals surface area contributed by atoms with Crippen molar-refractivity contribution < 1.29 is 9.53 Å². The molecule has 0 saturated heterocycles. The van der Waals surface area contributed by atoms with Crippen LogP contribution in [0.25, 0.3) is 0 Å². The molecule has 5 atom stereocenters. The minimum Gasteiger partial charge on any atom is -0.493 e. The second kappa shape index (κ2) is 16.7. The number of nitrogens with one attached hydrogen (secondary N) is 1. The summed E-state index contributed by atoms with van der Waals surface area (Å²) in [7, 11) is 2.30. The van der Waals surface area contributed by atoms with Gasteiger partial charge in [-0.15, -0.1) is 0 Å². The molecule has 2 aliphatic heterocycles. The zero-order chi connectivity index (χ0) is 30.8. The van der Waals surface area contributed by atoms with E-state index < -0.39 is 0 Å². The summed E-state index contributed by atoms with van der Waals surface area (Å²) in [4.78, 5) is 15.6. The molecule has 4 aliphatic rings. The number of allylic oxidation sites excluding steroid dienone is 2. The summed E-state index contributed by atoms with van der Waals surface area (Å²) in [6.07, 6.45) is 14.7. The first kappa shape index (κ1) is 33.6. The van der Waals surface area contributed by atoms with Crippen molar-refractivity contribution in [1.82, 2.24) is 9.62 Å². The first-order valence-corrected chi connectivity index (χ1v) is 17.9. The molecule has 2 bridgehead atoms. The van der Waals surface area contributed by atoms with Crippen LogP contribution in [0.5, 0.6) is 5.75 Å². The van der Waals surface area contributed by atoms with Crippen molar-refractivity contribution in [1.29, 1.82) is 0 Å². The fourth-order valence-corrected chi connectivity index (χ4v) is 7.97. The van der Waals surface area contributed by atoms with Gasteiger partial charge >= 0.3 is 0 Å². The monoisotopic (exact) mass is 604 g/mol. The average molecular weight is 605 g/mol. The topological polar surface area (TPSA) is 41.6 Å². The van der Waals surface area contributed by atoms with Gasteiger partial charge in [0, 0.05) is 29.8 Å². The largest absolute Gasteiger partial charge is 0.493 e. The summed E-state index contributed by atoms with van der Waals surface area (Å²) >= 11 is 1.65. The lowest BCUT2D eigenvalue weighted by atomic mass is 9.71. The average Bonchev–Trinajstić information content (AvgIpc) is 3.84. The molecule has 1 amide bonds. The van der Waals surface area contributed by atoms with Crippen LogP contribution in [0.3, 0.4) is 0 Å². The van der Waals surface area contributed by atoms with Crippen molar-refractivity contribution in [2.45, 2.75) is 97.2 Å². The molecule has 43 heavy (non-hydrogen) atoms. The Hall–Kier alpha value is -2.24. The van der Waals surface area contributed by atoms with Crippen LogP contribution in [0.2, 0.25) is 0 Å². The number of nitrogens with zero attached hydrogens (tertiary/aromatic N) is 1. The summed E-state index contributed by atoms with van der Waals surface area (Å²) in [5.41, 5.74) is 4.89. The van der Waals surface area contributed by atoms with Gasteiger partial charge in [0.15, 0.2) is 0 Å². The van der Waals surface area contributed by atoms with Crippen LogP contribution in [0, 0.1) is 30.6 Å². The van der Waals surface area contributed by atoms with Gasteiger partial charge in [0.05, 0.1) is 6.61 Å². The van der Waals surface area contributed by atoms with Crippen LogP contribution < -0.4 is 9.46 Å². The molecule has 5 unspecified atom stereocenters. The zero-order valence-corrected chi connectivity index (χ0v) is 28.4. The summed E-state index contributed by atoms with van der Waals surface area (Å²) in [5.74, 6) is 3.96. The van der Waals surface area contributed by atoms with Crippen LogP contribution in [0.1, 0.15) is 106 Å². The molecule has 2 fully saturated rings. The third-order valence-electron chi connectivity index (χ3n) is 9.53. The number of fused-ring (bicyclic) bond motifs is 14. The fourth-order valence-electron chi connectivity index (χ4n) is 6.80. The number of ether oxygens (including phenoxy) is 1. The molecule has 2 aromatic carbocycles. The number of likely N-dealkylation sites (N-methyl/N-ethyl adjacent to an activating group) is 1. The van der Waals surface area contributed by atoms with E-state index in [1.54, 1.807) is 11.9 Å². The molecule has 2 aliphatic carbocycles. The highest BCUT2D eigenvalue weighted by Crippen LogP contribution is 2.43. The van der Waals surface area contributed by atoms with Crippen molar-refractivity contribution in [2.24, 2.45) is 23.7 Å². The Balaban J connectivity index is 0.00000207. The Bertz CT molecular complexity index is 1170. The molecule has 0 aromatic heterocycles. The van der Waals surface area contributed by atoms with E-state index in [0.717, 1.165) is 55.9 Å². The minimum absolute atomic E-state index is 0.0137. The summed E-state index contributed by atoms with van der Waals surface area (Å²) in [6, 6.07) is 14.7. The summed E-state index contributed by atoms with van der Waals surface area (Å²) in [6.45, 7) is 13.6. The van der Waals surface area contributed by atoms with Crippen molar-refractivity contribution in [3.63, 3.8) is 0 Å². The SMILES string of the molecule is CC.CCCc1cc(C)ccc1C1COc2ccc(cc2)C(=O)NSC(C2CC2)C(C)C/C=C/CC2CCC2CN(C)C1. The Morgan fingerprint density at radius 1 is 0.930 bits per heavy atom. The van der Waals surface area contributed by atoms with Gasteiger partial charge in [0.1, 0.15) is 5.75 Å². The second-order valence-electron chi connectivity index (χ2n) is 13.1. The predicted molar refractivity (Wildman–Crippen MR) is 184 cm³/mol.